The van der Waals surface area contributed by atoms with Crippen molar-refractivity contribution in [2.24, 2.45) is 0 Å². The summed E-state index contributed by atoms with van der Waals surface area (Å²) in [6.45, 7) is 0. The average Bonchev–Trinajstić information content (AvgIpc) is 3.79. The van der Waals surface area contributed by atoms with Gasteiger partial charge in [0.15, 0.2) is 17.5 Å². The molecule has 5 nitrogen and oxygen atoms in total. The van der Waals surface area contributed by atoms with Crippen LogP contribution in [0, 0.1) is 0 Å². The Labute approximate surface area is 297 Å². The SMILES string of the molecule is c1ccc(-c2ccc3oc4ccccc4c3c2-c2nc(-c3ccc4c(ccc5ccccc54)c3)nc(-c3cccc4oc5ccccc5c34)n2)cc1. The van der Waals surface area contributed by atoms with Crippen LogP contribution in [0.5, 0.6) is 0 Å². The Bertz CT molecular complexity index is 3190. The van der Waals surface area contributed by atoms with Crippen LogP contribution in [0.25, 0.3) is 111 Å². The Kier molecular flexibility index (Phi) is 6.18. The number of aromatic nitrogens is 3. The number of para-hydroxylation sites is 2. The molecule has 0 bridgehead atoms. The number of fused-ring (bicyclic) bond motifs is 9. The predicted molar refractivity (Wildman–Crippen MR) is 211 cm³/mol. The lowest BCUT2D eigenvalue weighted by Crippen LogP contribution is -2.02. The molecule has 0 aliphatic heterocycles. The van der Waals surface area contributed by atoms with Crippen LogP contribution in [-0.2, 0) is 0 Å². The van der Waals surface area contributed by atoms with Crippen LogP contribution < -0.4 is 0 Å². The van der Waals surface area contributed by atoms with Crippen LogP contribution in [0.15, 0.2) is 173 Å². The molecule has 0 radical (unpaired) electrons. The maximum atomic E-state index is 6.43. The summed E-state index contributed by atoms with van der Waals surface area (Å²) in [6.07, 6.45) is 0. The number of furan rings is 2. The summed E-state index contributed by atoms with van der Waals surface area (Å²) in [6, 6.07) is 56.3. The number of nitrogens with zero attached hydrogens (tertiary/aromatic N) is 3. The summed E-state index contributed by atoms with van der Waals surface area (Å²) in [5.41, 5.74) is 7.96. The summed E-state index contributed by atoms with van der Waals surface area (Å²) in [5, 5.41) is 8.70. The van der Waals surface area contributed by atoms with Crippen molar-refractivity contribution < 1.29 is 8.83 Å². The van der Waals surface area contributed by atoms with E-state index in [-0.39, 0.29) is 0 Å². The molecule has 0 fully saturated rings. The average molecular weight is 666 g/mol. The molecule has 0 amide bonds. The number of rotatable bonds is 4. The van der Waals surface area contributed by atoms with Gasteiger partial charge in [-0.3, -0.25) is 0 Å². The van der Waals surface area contributed by atoms with Crippen molar-refractivity contribution in [3.8, 4) is 45.3 Å². The van der Waals surface area contributed by atoms with Crippen molar-refractivity contribution in [3.05, 3.63) is 164 Å². The van der Waals surface area contributed by atoms with E-state index in [1.165, 1.54) is 16.2 Å². The topological polar surface area (TPSA) is 65.0 Å². The zero-order valence-electron chi connectivity index (χ0n) is 27.7. The van der Waals surface area contributed by atoms with Crippen LogP contribution >= 0.6 is 0 Å². The van der Waals surface area contributed by atoms with Gasteiger partial charge in [0.2, 0.25) is 0 Å². The summed E-state index contributed by atoms with van der Waals surface area (Å²) in [5.74, 6) is 1.72. The Morgan fingerprint density at radius 1 is 0.327 bits per heavy atom. The molecule has 0 spiro atoms. The number of hydrogen-bond acceptors (Lipinski definition) is 5. The molecule has 5 heteroatoms. The molecule has 3 aromatic heterocycles. The second-order valence-corrected chi connectivity index (χ2v) is 13.1. The molecule has 3 heterocycles. The third-order valence-electron chi connectivity index (χ3n) is 10.1. The van der Waals surface area contributed by atoms with E-state index in [0.717, 1.165) is 77.1 Å². The van der Waals surface area contributed by atoms with E-state index in [0.29, 0.717) is 17.5 Å². The minimum absolute atomic E-state index is 0.569. The molecule has 0 aliphatic rings. The van der Waals surface area contributed by atoms with Gasteiger partial charge in [0.1, 0.15) is 22.3 Å². The van der Waals surface area contributed by atoms with Gasteiger partial charge in [0, 0.05) is 38.2 Å². The van der Waals surface area contributed by atoms with Gasteiger partial charge >= 0.3 is 0 Å². The van der Waals surface area contributed by atoms with Gasteiger partial charge in [-0.25, -0.2) is 15.0 Å². The molecule has 0 saturated heterocycles. The smallest absolute Gasteiger partial charge is 0.165 e. The third kappa shape index (κ3) is 4.39. The van der Waals surface area contributed by atoms with Crippen molar-refractivity contribution in [1.29, 1.82) is 0 Å². The summed E-state index contributed by atoms with van der Waals surface area (Å²) in [7, 11) is 0. The fourth-order valence-electron chi connectivity index (χ4n) is 7.76. The molecule has 8 aromatic carbocycles. The third-order valence-corrected chi connectivity index (χ3v) is 10.1. The summed E-state index contributed by atoms with van der Waals surface area (Å²) < 4.78 is 12.7. The molecule has 242 valence electrons. The molecule has 0 N–H and O–H groups in total. The lowest BCUT2D eigenvalue weighted by molar-refractivity contribution is 0.668. The van der Waals surface area contributed by atoms with Crippen LogP contribution in [-0.4, -0.2) is 15.0 Å². The van der Waals surface area contributed by atoms with Crippen LogP contribution in [0.4, 0.5) is 0 Å². The van der Waals surface area contributed by atoms with Gasteiger partial charge in [-0.2, -0.15) is 0 Å². The van der Waals surface area contributed by atoms with E-state index < -0.39 is 0 Å². The maximum absolute atomic E-state index is 6.43. The van der Waals surface area contributed by atoms with Crippen LogP contribution in [0.3, 0.4) is 0 Å². The highest BCUT2D eigenvalue weighted by Crippen LogP contribution is 2.43. The van der Waals surface area contributed by atoms with Crippen molar-refractivity contribution in [3.63, 3.8) is 0 Å². The molecule has 0 saturated carbocycles. The highest BCUT2D eigenvalue weighted by atomic mass is 16.3. The highest BCUT2D eigenvalue weighted by Gasteiger charge is 2.23. The fraction of sp³-hybridized carbons (Fsp3) is 0. The second-order valence-electron chi connectivity index (χ2n) is 13.1. The zero-order chi connectivity index (χ0) is 34.2. The van der Waals surface area contributed by atoms with Crippen molar-refractivity contribution >= 4 is 65.4 Å². The Morgan fingerprint density at radius 3 is 1.77 bits per heavy atom. The van der Waals surface area contributed by atoms with E-state index in [1.54, 1.807) is 0 Å². The Balaban J connectivity index is 1.25. The van der Waals surface area contributed by atoms with Gasteiger partial charge in [0.25, 0.3) is 0 Å². The van der Waals surface area contributed by atoms with Crippen LogP contribution in [0.2, 0.25) is 0 Å². The largest absolute Gasteiger partial charge is 0.456 e. The molecule has 0 unspecified atom stereocenters. The zero-order valence-corrected chi connectivity index (χ0v) is 27.7. The lowest BCUT2D eigenvalue weighted by Gasteiger charge is -2.14. The van der Waals surface area contributed by atoms with E-state index in [2.05, 4.69) is 109 Å². The minimum Gasteiger partial charge on any atom is -0.456 e. The van der Waals surface area contributed by atoms with E-state index in [4.69, 9.17) is 23.8 Å². The first-order valence-electron chi connectivity index (χ1n) is 17.4. The monoisotopic (exact) mass is 665 g/mol. The summed E-state index contributed by atoms with van der Waals surface area (Å²) >= 11 is 0. The maximum Gasteiger partial charge on any atom is 0.165 e. The van der Waals surface area contributed by atoms with Crippen molar-refractivity contribution in [2.75, 3.05) is 0 Å². The molecular weight excluding hydrogens is 639 g/mol. The number of benzene rings is 8. The van der Waals surface area contributed by atoms with Gasteiger partial charge in [-0.1, -0.05) is 127 Å². The normalized spacial score (nSPS) is 11.8. The minimum atomic E-state index is 0.569. The quantitative estimate of drug-likeness (QED) is 0.175. The molecule has 0 atom stereocenters. The number of hydrogen-bond donors (Lipinski definition) is 0. The van der Waals surface area contributed by atoms with E-state index in [9.17, 15) is 0 Å². The molecule has 0 aliphatic carbocycles. The molecular formula is C47H27N3O2. The molecule has 52 heavy (non-hydrogen) atoms. The molecule has 11 rings (SSSR count). The van der Waals surface area contributed by atoms with Crippen molar-refractivity contribution in [2.45, 2.75) is 0 Å². The van der Waals surface area contributed by atoms with E-state index >= 15 is 0 Å². The van der Waals surface area contributed by atoms with E-state index in [1.807, 2.05) is 54.6 Å². The first-order valence-corrected chi connectivity index (χ1v) is 17.4. The highest BCUT2D eigenvalue weighted by molar-refractivity contribution is 6.16. The van der Waals surface area contributed by atoms with Crippen LogP contribution in [0.1, 0.15) is 0 Å². The van der Waals surface area contributed by atoms with Gasteiger partial charge in [0.05, 0.1) is 0 Å². The standard InChI is InChI=1S/C47H27N3O2/c1-2-11-28(12-3-1)34-25-26-41-43(36-16-7-9-19-39(36)52-41)44(34)47-49-45(31-23-24-33-30(27-31)22-21-29-13-4-5-14-32(29)33)48-46(50-47)37-17-10-20-40-42(37)35-15-6-8-18-38(35)51-40/h1-27H. The fourth-order valence-corrected chi connectivity index (χ4v) is 7.76. The van der Waals surface area contributed by atoms with Gasteiger partial charge in [-0.05, 0) is 69.1 Å². The Morgan fingerprint density at radius 2 is 0.942 bits per heavy atom. The van der Waals surface area contributed by atoms with Crippen molar-refractivity contribution in [1.82, 2.24) is 15.0 Å². The predicted octanol–water partition coefficient (Wildman–Crippen LogP) is 12.6. The second kappa shape index (κ2) is 11.2. The van der Waals surface area contributed by atoms with Gasteiger partial charge < -0.3 is 8.83 Å². The lowest BCUT2D eigenvalue weighted by atomic mass is 9.94. The Hall–Kier alpha value is -7.11. The molecule has 11 aromatic rings. The first kappa shape index (κ1) is 28.7. The summed E-state index contributed by atoms with van der Waals surface area (Å²) in [4.78, 5) is 15.9. The first-order chi connectivity index (χ1) is 25.8. The van der Waals surface area contributed by atoms with Gasteiger partial charge in [-0.15, -0.1) is 0 Å².